The molecule has 0 bridgehead atoms. The van der Waals surface area contributed by atoms with Gasteiger partial charge in [0, 0.05) is 6.04 Å². The number of rotatable bonds is 2. The number of aryl methyl sites for hydroxylation is 1. The first-order valence-electron chi connectivity index (χ1n) is 5.14. The first-order valence-corrected chi connectivity index (χ1v) is 5.14. The van der Waals surface area contributed by atoms with E-state index in [4.69, 9.17) is 5.11 Å². The molecule has 6 nitrogen and oxygen atoms in total. The molecule has 0 unspecified atom stereocenters. The predicted octanol–water partition coefficient (Wildman–Crippen LogP) is 0.0745. The molecule has 0 radical (unpaired) electrons. The molecular formula is C10H13N3O3. The highest BCUT2D eigenvalue weighted by Crippen LogP contribution is 2.18. The minimum atomic E-state index is -1.05. The number of nitrogens with one attached hydrogen (secondary N) is 1. The van der Waals surface area contributed by atoms with Crippen LogP contribution < -0.4 is 10.9 Å². The third-order valence-electron chi connectivity index (χ3n) is 2.63. The lowest BCUT2D eigenvalue weighted by molar-refractivity contribution is -0.137. The average molecular weight is 223 g/mol. The molecule has 0 aromatic carbocycles. The van der Waals surface area contributed by atoms with Gasteiger partial charge in [0.1, 0.15) is 12.2 Å². The van der Waals surface area contributed by atoms with E-state index in [0.717, 1.165) is 23.1 Å². The fourth-order valence-electron chi connectivity index (χ4n) is 1.79. The average Bonchev–Trinajstić information content (AvgIpc) is 2.22. The van der Waals surface area contributed by atoms with E-state index in [2.05, 4.69) is 10.3 Å². The van der Waals surface area contributed by atoms with Crippen molar-refractivity contribution in [1.82, 2.24) is 9.55 Å². The number of carboxylic acid groups (broad SMARTS) is 1. The Morgan fingerprint density at radius 1 is 1.75 bits per heavy atom. The highest BCUT2D eigenvalue weighted by molar-refractivity contribution is 5.66. The number of carbonyl (C=O) groups is 1. The van der Waals surface area contributed by atoms with Crippen molar-refractivity contribution in [2.24, 2.45) is 0 Å². The van der Waals surface area contributed by atoms with Crippen molar-refractivity contribution in [2.45, 2.75) is 32.4 Å². The lowest BCUT2D eigenvalue weighted by Gasteiger charge is -2.22. The molecule has 0 fully saturated rings. The maximum absolute atomic E-state index is 11.9. The topological polar surface area (TPSA) is 84.2 Å². The third-order valence-corrected chi connectivity index (χ3v) is 2.63. The van der Waals surface area contributed by atoms with Gasteiger partial charge in [-0.25, -0.2) is 4.98 Å². The molecule has 1 aliphatic rings. The summed E-state index contributed by atoms with van der Waals surface area (Å²) in [6.07, 6.45) is 2.99. The van der Waals surface area contributed by atoms with Gasteiger partial charge in [-0.3, -0.25) is 14.2 Å². The highest BCUT2D eigenvalue weighted by atomic mass is 16.4. The van der Waals surface area contributed by atoms with E-state index < -0.39 is 5.97 Å². The van der Waals surface area contributed by atoms with Crippen LogP contribution in [0.15, 0.2) is 11.1 Å². The number of aromatic nitrogens is 2. The van der Waals surface area contributed by atoms with Gasteiger partial charge in [-0.1, -0.05) is 0 Å². The fraction of sp³-hybridized carbons (Fsp3) is 0.500. The molecule has 6 heteroatoms. The van der Waals surface area contributed by atoms with Crippen LogP contribution in [0.4, 0.5) is 5.69 Å². The maximum Gasteiger partial charge on any atom is 0.323 e. The molecule has 1 aromatic rings. The fourth-order valence-corrected chi connectivity index (χ4v) is 1.79. The number of nitrogens with zero attached hydrogens (tertiary/aromatic N) is 2. The number of hydrogen-bond acceptors (Lipinski definition) is 4. The van der Waals surface area contributed by atoms with Gasteiger partial charge in [0.25, 0.3) is 5.56 Å². The van der Waals surface area contributed by atoms with Crippen molar-refractivity contribution in [3.05, 3.63) is 22.4 Å². The summed E-state index contributed by atoms with van der Waals surface area (Å²) in [4.78, 5) is 26.5. The molecule has 16 heavy (non-hydrogen) atoms. The van der Waals surface area contributed by atoms with Crippen LogP contribution in [0.2, 0.25) is 0 Å². The summed E-state index contributed by atoms with van der Waals surface area (Å²) in [5, 5.41) is 11.7. The Hall–Kier alpha value is -1.85. The van der Waals surface area contributed by atoms with Crippen LogP contribution in [0, 0.1) is 0 Å². The Kier molecular flexibility index (Phi) is 2.64. The lowest BCUT2D eigenvalue weighted by Crippen LogP contribution is -2.33. The van der Waals surface area contributed by atoms with Gasteiger partial charge in [-0.05, 0) is 19.8 Å². The number of fused-ring (bicyclic) bond motifs is 1. The number of anilines is 1. The van der Waals surface area contributed by atoms with E-state index in [9.17, 15) is 9.59 Å². The van der Waals surface area contributed by atoms with Gasteiger partial charge in [0.2, 0.25) is 0 Å². The van der Waals surface area contributed by atoms with Crippen molar-refractivity contribution in [2.75, 3.05) is 5.32 Å². The Balaban J connectivity index is 2.42. The summed E-state index contributed by atoms with van der Waals surface area (Å²) in [6, 6.07) is 0.225. The minimum absolute atomic E-state index is 0.225. The van der Waals surface area contributed by atoms with Crippen LogP contribution in [-0.2, 0) is 17.8 Å². The standard InChI is InChI=1S/C10H13N3O3/c1-6-2-3-7-9(12-6)10(16)13(5-11-7)4-8(14)15/h5-6,12H,2-4H2,1H3,(H,14,15)/t6-/m1/s1. The molecule has 1 aliphatic heterocycles. The zero-order chi connectivity index (χ0) is 11.7. The van der Waals surface area contributed by atoms with Crippen molar-refractivity contribution in [3.8, 4) is 0 Å². The van der Waals surface area contributed by atoms with Crippen molar-refractivity contribution in [1.29, 1.82) is 0 Å². The number of aliphatic carboxylic acids is 1. The zero-order valence-corrected chi connectivity index (χ0v) is 8.93. The van der Waals surface area contributed by atoms with Gasteiger partial charge < -0.3 is 10.4 Å². The summed E-state index contributed by atoms with van der Waals surface area (Å²) < 4.78 is 1.10. The monoisotopic (exact) mass is 223 g/mol. The van der Waals surface area contributed by atoms with E-state index in [1.165, 1.54) is 6.33 Å². The van der Waals surface area contributed by atoms with Crippen LogP contribution in [-0.4, -0.2) is 26.7 Å². The summed E-state index contributed by atoms with van der Waals surface area (Å²) in [5.41, 5.74) is 0.867. The summed E-state index contributed by atoms with van der Waals surface area (Å²) in [5.74, 6) is -1.05. The van der Waals surface area contributed by atoms with E-state index in [0.29, 0.717) is 5.69 Å². The SMILES string of the molecule is C[C@@H]1CCc2ncn(CC(=O)O)c(=O)c2N1. The second-order valence-electron chi connectivity index (χ2n) is 3.98. The normalized spacial score (nSPS) is 18.7. The van der Waals surface area contributed by atoms with Gasteiger partial charge in [-0.15, -0.1) is 0 Å². The first kappa shape index (κ1) is 10.7. The maximum atomic E-state index is 11.9. The first-order chi connectivity index (χ1) is 7.58. The molecule has 2 rings (SSSR count). The summed E-state index contributed by atoms with van der Waals surface area (Å²) in [6.45, 7) is 1.63. The molecule has 0 saturated carbocycles. The molecular weight excluding hydrogens is 210 g/mol. The van der Waals surface area contributed by atoms with E-state index in [1.54, 1.807) is 0 Å². The molecule has 1 atom stereocenters. The zero-order valence-electron chi connectivity index (χ0n) is 8.93. The summed E-state index contributed by atoms with van der Waals surface area (Å²) >= 11 is 0. The number of carboxylic acids is 1. The molecule has 0 aliphatic carbocycles. The third kappa shape index (κ3) is 1.91. The second-order valence-corrected chi connectivity index (χ2v) is 3.98. The second kappa shape index (κ2) is 3.96. The Morgan fingerprint density at radius 2 is 2.50 bits per heavy atom. The van der Waals surface area contributed by atoms with Crippen molar-refractivity contribution < 1.29 is 9.90 Å². The molecule has 2 N–H and O–H groups in total. The smallest absolute Gasteiger partial charge is 0.323 e. The van der Waals surface area contributed by atoms with Crippen LogP contribution in [0.5, 0.6) is 0 Å². The van der Waals surface area contributed by atoms with E-state index in [1.807, 2.05) is 6.92 Å². The molecule has 0 saturated heterocycles. The minimum Gasteiger partial charge on any atom is -0.480 e. The Morgan fingerprint density at radius 3 is 3.19 bits per heavy atom. The van der Waals surface area contributed by atoms with Gasteiger partial charge in [-0.2, -0.15) is 0 Å². The van der Waals surface area contributed by atoms with Gasteiger partial charge >= 0.3 is 5.97 Å². The summed E-state index contributed by atoms with van der Waals surface area (Å²) in [7, 11) is 0. The highest BCUT2D eigenvalue weighted by Gasteiger charge is 2.19. The van der Waals surface area contributed by atoms with Crippen molar-refractivity contribution in [3.63, 3.8) is 0 Å². The van der Waals surface area contributed by atoms with E-state index in [-0.39, 0.29) is 18.1 Å². The molecule has 1 aromatic heterocycles. The Labute approximate surface area is 91.9 Å². The van der Waals surface area contributed by atoms with Crippen LogP contribution in [0.25, 0.3) is 0 Å². The largest absolute Gasteiger partial charge is 0.480 e. The molecule has 2 heterocycles. The predicted molar refractivity (Wildman–Crippen MR) is 57.5 cm³/mol. The van der Waals surface area contributed by atoms with Gasteiger partial charge in [0.05, 0.1) is 12.0 Å². The van der Waals surface area contributed by atoms with Crippen LogP contribution in [0.1, 0.15) is 19.0 Å². The lowest BCUT2D eigenvalue weighted by atomic mass is 10.0. The molecule has 0 amide bonds. The van der Waals surface area contributed by atoms with E-state index >= 15 is 0 Å². The van der Waals surface area contributed by atoms with Crippen molar-refractivity contribution >= 4 is 11.7 Å². The van der Waals surface area contributed by atoms with Crippen LogP contribution >= 0.6 is 0 Å². The number of hydrogen-bond donors (Lipinski definition) is 2. The molecule has 86 valence electrons. The molecule has 0 spiro atoms. The Bertz CT molecular complexity index is 481. The van der Waals surface area contributed by atoms with Gasteiger partial charge in [0.15, 0.2) is 0 Å². The van der Waals surface area contributed by atoms with Crippen LogP contribution in [0.3, 0.4) is 0 Å². The quantitative estimate of drug-likeness (QED) is 0.741.